The Morgan fingerprint density at radius 1 is 0.952 bits per heavy atom. The topological polar surface area (TPSA) is 3.24 Å². The number of benzene rings is 1. The van der Waals surface area contributed by atoms with E-state index in [1.165, 1.54) is 37.2 Å². The molecular formula is C20H33N. The van der Waals surface area contributed by atoms with E-state index in [2.05, 4.69) is 70.7 Å². The fourth-order valence-corrected chi connectivity index (χ4v) is 3.54. The number of hydrogen-bond acceptors (Lipinski definition) is 1. The molecule has 0 aromatic heterocycles. The second-order valence-corrected chi connectivity index (χ2v) is 9.27. The van der Waals surface area contributed by atoms with Gasteiger partial charge in [-0.2, -0.15) is 0 Å². The molecule has 1 atom stereocenters. The summed E-state index contributed by atoms with van der Waals surface area (Å²) in [6, 6.07) is 9.27. The maximum absolute atomic E-state index is 2.57. The molecule has 1 aliphatic heterocycles. The highest BCUT2D eigenvalue weighted by atomic mass is 15.1. The summed E-state index contributed by atoms with van der Waals surface area (Å²) in [6.07, 6.45) is 3.84. The van der Waals surface area contributed by atoms with Crippen molar-refractivity contribution in [2.75, 3.05) is 18.0 Å². The first-order valence-corrected chi connectivity index (χ1v) is 8.46. The van der Waals surface area contributed by atoms with E-state index in [4.69, 9.17) is 0 Å². The van der Waals surface area contributed by atoms with Crippen molar-refractivity contribution < 1.29 is 0 Å². The van der Waals surface area contributed by atoms with Crippen molar-refractivity contribution in [3.63, 3.8) is 0 Å². The van der Waals surface area contributed by atoms with Crippen molar-refractivity contribution >= 4 is 5.69 Å². The molecule has 1 aliphatic rings. The highest BCUT2D eigenvalue weighted by molar-refractivity contribution is 5.48. The van der Waals surface area contributed by atoms with Gasteiger partial charge in [0.2, 0.25) is 0 Å². The predicted octanol–water partition coefficient (Wildman–Crippen LogP) is 5.54. The van der Waals surface area contributed by atoms with E-state index in [-0.39, 0.29) is 0 Å². The molecule has 0 N–H and O–H groups in total. The van der Waals surface area contributed by atoms with Crippen LogP contribution >= 0.6 is 0 Å². The Kier molecular flexibility index (Phi) is 4.70. The van der Waals surface area contributed by atoms with Crippen molar-refractivity contribution in [1.29, 1.82) is 0 Å². The van der Waals surface area contributed by atoms with Gasteiger partial charge in [0.1, 0.15) is 0 Å². The molecular weight excluding hydrogens is 254 g/mol. The summed E-state index contributed by atoms with van der Waals surface area (Å²) in [5.74, 6) is 0.860. The van der Waals surface area contributed by atoms with Gasteiger partial charge in [-0.25, -0.2) is 0 Å². The van der Waals surface area contributed by atoms with Crippen LogP contribution in [0.25, 0.3) is 0 Å². The molecule has 1 aromatic carbocycles. The lowest BCUT2D eigenvalue weighted by atomic mass is 9.84. The lowest BCUT2D eigenvalue weighted by molar-refractivity contribution is 0.308. The van der Waals surface area contributed by atoms with Crippen molar-refractivity contribution in [2.45, 2.75) is 60.8 Å². The average Bonchev–Trinajstić information content (AvgIpc) is 2.74. The summed E-state index contributed by atoms with van der Waals surface area (Å²) in [6.45, 7) is 16.4. The predicted molar refractivity (Wildman–Crippen MR) is 94.0 cm³/mol. The Bertz CT molecular complexity index is 444. The zero-order valence-corrected chi connectivity index (χ0v) is 14.9. The van der Waals surface area contributed by atoms with E-state index in [1.54, 1.807) is 0 Å². The molecule has 0 spiro atoms. The minimum Gasteiger partial charge on any atom is -0.371 e. The fourth-order valence-electron chi connectivity index (χ4n) is 3.54. The van der Waals surface area contributed by atoms with Gasteiger partial charge >= 0.3 is 0 Å². The van der Waals surface area contributed by atoms with Crippen LogP contribution < -0.4 is 4.90 Å². The molecule has 1 aromatic rings. The van der Waals surface area contributed by atoms with E-state index < -0.39 is 0 Å². The molecule has 0 aliphatic carbocycles. The van der Waals surface area contributed by atoms with Crippen LogP contribution in [0.3, 0.4) is 0 Å². The minimum absolute atomic E-state index is 0.368. The summed E-state index contributed by atoms with van der Waals surface area (Å²) in [5.41, 5.74) is 3.69. The van der Waals surface area contributed by atoms with Crippen molar-refractivity contribution in [3.8, 4) is 0 Å². The Balaban J connectivity index is 1.94. The van der Waals surface area contributed by atoms with E-state index >= 15 is 0 Å². The number of hydrogen-bond donors (Lipinski definition) is 0. The Morgan fingerprint density at radius 3 is 2.10 bits per heavy atom. The van der Waals surface area contributed by atoms with E-state index in [0.29, 0.717) is 10.8 Å². The van der Waals surface area contributed by atoms with Gasteiger partial charge in [-0.05, 0) is 53.7 Å². The van der Waals surface area contributed by atoms with E-state index in [0.717, 1.165) is 12.3 Å². The van der Waals surface area contributed by atoms with Crippen LogP contribution in [0.4, 0.5) is 5.69 Å². The van der Waals surface area contributed by atoms with Gasteiger partial charge < -0.3 is 4.90 Å². The molecule has 0 unspecified atom stereocenters. The molecule has 0 radical (unpaired) electrons. The van der Waals surface area contributed by atoms with Crippen molar-refractivity contribution in [3.05, 3.63) is 29.8 Å². The first-order valence-electron chi connectivity index (χ1n) is 8.46. The minimum atomic E-state index is 0.368. The van der Waals surface area contributed by atoms with Crippen LogP contribution in [0.1, 0.15) is 59.9 Å². The van der Waals surface area contributed by atoms with Gasteiger partial charge in [0, 0.05) is 18.8 Å². The molecule has 1 fully saturated rings. The van der Waals surface area contributed by atoms with E-state index in [1.807, 2.05) is 0 Å². The van der Waals surface area contributed by atoms with Crippen LogP contribution in [0, 0.1) is 16.7 Å². The lowest BCUT2D eigenvalue weighted by Crippen LogP contribution is -2.21. The Hall–Kier alpha value is -0.980. The molecule has 2 rings (SSSR count). The van der Waals surface area contributed by atoms with Gasteiger partial charge in [-0.15, -0.1) is 0 Å². The SMILES string of the molecule is CC(C)(C)Cc1ccc(N2CC[C@@H](CC(C)(C)C)C2)cc1. The van der Waals surface area contributed by atoms with Crippen LogP contribution in [-0.4, -0.2) is 13.1 Å². The van der Waals surface area contributed by atoms with Crippen LogP contribution in [0.5, 0.6) is 0 Å². The van der Waals surface area contributed by atoms with E-state index in [9.17, 15) is 0 Å². The van der Waals surface area contributed by atoms with Gasteiger partial charge in [0.25, 0.3) is 0 Å². The van der Waals surface area contributed by atoms with Gasteiger partial charge in [0.05, 0.1) is 0 Å². The fraction of sp³-hybridized carbons (Fsp3) is 0.700. The third-order valence-electron chi connectivity index (χ3n) is 4.22. The van der Waals surface area contributed by atoms with Crippen LogP contribution in [-0.2, 0) is 6.42 Å². The summed E-state index contributed by atoms with van der Waals surface area (Å²) < 4.78 is 0. The quantitative estimate of drug-likeness (QED) is 0.705. The molecule has 0 bridgehead atoms. The molecule has 0 saturated carbocycles. The average molecular weight is 287 g/mol. The first-order chi connectivity index (χ1) is 9.62. The number of rotatable bonds is 3. The second-order valence-electron chi connectivity index (χ2n) is 9.27. The summed E-state index contributed by atoms with van der Waals surface area (Å²) in [4.78, 5) is 2.57. The third kappa shape index (κ3) is 5.37. The molecule has 1 nitrogen and oxygen atoms in total. The molecule has 0 amide bonds. The molecule has 1 saturated heterocycles. The first kappa shape index (κ1) is 16.4. The van der Waals surface area contributed by atoms with Gasteiger partial charge in [0.15, 0.2) is 0 Å². The zero-order chi connectivity index (χ0) is 15.7. The van der Waals surface area contributed by atoms with Crippen LogP contribution in [0.15, 0.2) is 24.3 Å². The molecule has 118 valence electrons. The Morgan fingerprint density at radius 2 is 1.57 bits per heavy atom. The van der Waals surface area contributed by atoms with Crippen molar-refractivity contribution in [2.24, 2.45) is 16.7 Å². The summed E-state index contributed by atoms with van der Waals surface area (Å²) in [7, 11) is 0. The maximum Gasteiger partial charge on any atom is 0.0366 e. The van der Waals surface area contributed by atoms with Gasteiger partial charge in [-0.3, -0.25) is 0 Å². The standard InChI is InChI=1S/C20H33N/c1-19(2,3)13-16-7-9-18(10-8-16)21-12-11-17(15-21)14-20(4,5)6/h7-10,17H,11-15H2,1-6H3/t17-/m0/s1. The third-order valence-corrected chi connectivity index (χ3v) is 4.22. The lowest BCUT2D eigenvalue weighted by Gasteiger charge is -2.24. The maximum atomic E-state index is 2.57. The molecule has 21 heavy (non-hydrogen) atoms. The number of anilines is 1. The van der Waals surface area contributed by atoms with Gasteiger partial charge in [-0.1, -0.05) is 53.7 Å². The summed E-state index contributed by atoms with van der Waals surface area (Å²) in [5, 5.41) is 0. The van der Waals surface area contributed by atoms with Crippen LogP contribution in [0.2, 0.25) is 0 Å². The van der Waals surface area contributed by atoms with Crippen molar-refractivity contribution in [1.82, 2.24) is 0 Å². The normalized spacial score (nSPS) is 20.1. The highest BCUT2D eigenvalue weighted by Gasteiger charge is 2.26. The largest absolute Gasteiger partial charge is 0.371 e. The molecule has 1 heteroatoms. The summed E-state index contributed by atoms with van der Waals surface area (Å²) >= 11 is 0. The Labute approximate surface area is 131 Å². The molecule has 1 heterocycles. The second kappa shape index (κ2) is 6.02. The zero-order valence-electron chi connectivity index (χ0n) is 14.9. The number of nitrogens with zero attached hydrogens (tertiary/aromatic N) is 1. The highest BCUT2D eigenvalue weighted by Crippen LogP contribution is 2.33. The monoisotopic (exact) mass is 287 g/mol. The smallest absolute Gasteiger partial charge is 0.0366 e.